The average molecular weight is 337 g/mol. The zero-order chi connectivity index (χ0) is 17.5. The van der Waals surface area contributed by atoms with Gasteiger partial charge in [0.25, 0.3) is 0 Å². The van der Waals surface area contributed by atoms with Crippen LogP contribution in [-0.4, -0.2) is 23.3 Å². The van der Waals surface area contributed by atoms with Gasteiger partial charge >= 0.3 is 0 Å². The number of amides is 2. The Labute approximate surface area is 147 Å². The van der Waals surface area contributed by atoms with Crippen LogP contribution >= 0.6 is 0 Å². The minimum Gasteiger partial charge on any atom is -0.355 e. The SMILES string of the molecule is O=C(CCNC(=O)C1(Cc2ccccc2)CCC1)Nc1ccncc1. The van der Waals surface area contributed by atoms with Crippen LogP contribution in [0.1, 0.15) is 31.2 Å². The van der Waals surface area contributed by atoms with E-state index in [9.17, 15) is 9.59 Å². The van der Waals surface area contributed by atoms with E-state index in [0.29, 0.717) is 12.2 Å². The highest BCUT2D eigenvalue weighted by Crippen LogP contribution is 2.43. The lowest BCUT2D eigenvalue weighted by Gasteiger charge is -2.40. The summed E-state index contributed by atoms with van der Waals surface area (Å²) >= 11 is 0. The van der Waals surface area contributed by atoms with Crippen molar-refractivity contribution in [1.29, 1.82) is 0 Å². The van der Waals surface area contributed by atoms with Crippen LogP contribution in [-0.2, 0) is 16.0 Å². The summed E-state index contributed by atoms with van der Waals surface area (Å²) in [6.45, 7) is 0.353. The minimum absolute atomic E-state index is 0.0688. The van der Waals surface area contributed by atoms with E-state index in [1.54, 1.807) is 24.5 Å². The normalized spacial score (nSPS) is 15.0. The Bertz CT molecular complexity index is 712. The van der Waals surface area contributed by atoms with E-state index >= 15 is 0 Å². The van der Waals surface area contributed by atoms with Gasteiger partial charge in [0.05, 0.1) is 5.41 Å². The van der Waals surface area contributed by atoms with Gasteiger partial charge in [-0.3, -0.25) is 14.6 Å². The van der Waals surface area contributed by atoms with E-state index in [-0.39, 0.29) is 23.7 Å². The fourth-order valence-corrected chi connectivity index (χ4v) is 3.21. The Hall–Kier alpha value is -2.69. The van der Waals surface area contributed by atoms with Crippen molar-refractivity contribution in [1.82, 2.24) is 10.3 Å². The smallest absolute Gasteiger partial charge is 0.226 e. The molecule has 5 heteroatoms. The second kappa shape index (κ2) is 7.92. The van der Waals surface area contributed by atoms with Crippen molar-refractivity contribution >= 4 is 17.5 Å². The van der Waals surface area contributed by atoms with Crippen LogP contribution in [0.15, 0.2) is 54.9 Å². The van der Waals surface area contributed by atoms with Crippen molar-refractivity contribution < 1.29 is 9.59 Å². The Morgan fingerprint density at radius 1 is 1.04 bits per heavy atom. The van der Waals surface area contributed by atoms with Crippen molar-refractivity contribution in [3.8, 4) is 0 Å². The quantitative estimate of drug-likeness (QED) is 0.816. The van der Waals surface area contributed by atoms with Crippen molar-refractivity contribution in [2.24, 2.45) is 5.41 Å². The lowest BCUT2D eigenvalue weighted by atomic mass is 9.64. The molecule has 130 valence electrons. The van der Waals surface area contributed by atoms with Crippen LogP contribution in [0.3, 0.4) is 0 Å². The van der Waals surface area contributed by atoms with Crippen LogP contribution in [0, 0.1) is 5.41 Å². The number of hydrogen-bond acceptors (Lipinski definition) is 3. The largest absolute Gasteiger partial charge is 0.355 e. The first-order chi connectivity index (χ1) is 12.2. The summed E-state index contributed by atoms with van der Waals surface area (Å²) in [6.07, 6.45) is 7.19. The van der Waals surface area contributed by atoms with Gasteiger partial charge in [-0.05, 0) is 37.0 Å². The first-order valence-electron chi connectivity index (χ1n) is 8.70. The van der Waals surface area contributed by atoms with Crippen LogP contribution in [0.5, 0.6) is 0 Å². The van der Waals surface area contributed by atoms with Gasteiger partial charge in [0, 0.05) is 31.0 Å². The first-order valence-corrected chi connectivity index (χ1v) is 8.70. The average Bonchev–Trinajstić information content (AvgIpc) is 2.60. The zero-order valence-electron chi connectivity index (χ0n) is 14.2. The number of carbonyl (C=O) groups excluding carboxylic acids is 2. The topological polar surface area (TPSA) is 71.1 Å². The molecule has 0 aliphatic heterocycles. The van der Waals surface area contributed by atoms with Gasteiger partial charge in [-0.2, -0.15) is 0 Å². The minimum atomic E-state index is -0.303. The number of hydrogen-bond donors (Lipinski definition) is 2. The molecule has 1 aromatic heterocycles. The summed E-state index contributed by atoms with van der Waals surface area (Å²) in [5.41, 5.74) is 1.60. The number of aromatic nitrogens is 1. The number of carbonyl (C=O) groups is 2. The van der Waals surface area contributed by atoms with Crippen molar-refractivity contribution in [3.63, 3.8) is 0 Å². The summed E-state index contributed by atoms with van der Waals surface area (Å²) in [5.74, 6) is -0.0449. The molecular formula is C20H23N3O2. The summed E-state index contributed by atoms with van der Waals surface area (Å²) < 4.78 is 0. The summed E-state index contributed by atoms with van der Waals surface area (Å²) in [5, 5.41) is 5.74. The van der Waals surface area contributed by atoms with Crippen molar-refractivity contribution in [2.45, 2.75) is 32.1 Å². The molecule has 2 amide bonds. The van der Waals surface area contributed by atoms with Crippen molar-refractivity contribution in [2.75, 3.05) is 11.9 Å². The standard InChI is InChI=1S/C20H23N3O2/c24-18(23-17-7-12-21-13-8-17)9-14-22-19(25)20(10-4-11-20)15-16-5-2-1-3-6-16/h1-3,5-8,12-13H,4,9-11,14-15H2,(H,22,25)(H,21,23,24). The monoisotopic (exact) mass is 337 g/mol. The Kier molecular flexibility index (Phi) is 5.43. The number of anilines is 1. The van der Waals surface area contributed by atoms with Gasteiger partial charge in [0.15, 0.2) is 0 Å². The highest BCUT2D eigenvalue weighted by Gasteiger charge is 2.43. The molecule has 1 saturated carbocycles. The van der Waals surface area contributed by atoms with Crippen LogP contribution < -0.4 is 10.6 Å². The van der Waals surface area contributed by atoms with Gasteiger partial charge in [0.2, 0.25) is 11.8 Å². The molecule has 25 heavy (non-hydrogen) atoms. The van der Waals surface area contributed by atoms with Gasteiger partial charge in [-0.25, -0.2) is 0 Å². The molecule has 5 nitrogen and oxygen atoms in total. The fraction of sp³-hybridized carbons (Fsp3) is 0.350. The number of nitrogens with zero attached hydrogens (tertiary/aromatic N) is 1. The Balaban J connectivity index is 1.47. The lowest BCUT2D eigenvalue weighted by molar-refractivity contribution is -0.136. The van der Waals surface area contributed by atoms with E-state index < -0.39 is 0 Å². The molecule has 0 bridgehead atoms. The first kappa shape index (κ1) is 17.1. The molecule has 1 aliphatic rings. The Morgan fingerprint density at radius 3 is 2.40 bits per heavy atom. The summed E-state index contributed by atoms with van der Waals surface area (Å²) in [6, 6.07) is 13.6. The predicted octanol–water partition coefficient (Wildman–Crippen LogP) is 2.94. The van der Waals surface area contributed by atoms with E-state index in [0.717, 1.165) is 25.7 Å². The van der Waals surface area contributed by atoms with E-state index in [2.05, 4.69) is 27.8 Å². The second-order valence-corrected chi connectivity index (χ2v) is 6.59. The molecule has 0 spiro atoms. The number of nitrogens with one attached hydrogen (secondary N) is 2. The predicted molar refractivity (Wildman–Crippen MR) is 96.9 cm³/mol. The molecule has 1 aromatic carbocycles. The maximum absolute atomic E-state index is 12.6. The fourth-order valence-electron chi connectivity index (χ4n) is 3.21. The van der Waals surface area contributed by atoms with Crippen LogP contribution in [0.2, 0.25) is 0 Å². The molecule has 0 saturated heterocycles. The van der Waals surface area contributed by atoms with Crippen LogP contribution in [0.4, 0.5) is 5.69 Å². The lowest BCUT2D eigenvalue weighted by Crippen LogP contribution is -2.47. The maximum atomic E-state index is 12.6. The molecule has 2 aromatic rings. The van der Waals surface area contributed by atoms with Gasteiger partial charge in [-0.15, -0.1) is 0 Å². The van der Waals surface area contributed by atoms with E-state index in [1.807, 2.05) is 18.2 Å². The van der Waals surface area contributed by atoms with E-state index in [4.69, 9.17) is 0 Å². The highest BCUT2D eigenvalue weighted by molar-refractivity contribution is 5.91. The molecule has 1 heterocycles. The van der Waals surface area contributed by atoms with Crippen molar-refractivity contribution in [3.05, 3.63) is 60.4 Å². The third-order valence-corrected chi connectivity index (χ3v) is 4.78. The molecule has 0 unspecified atom stereocenters. The molecular weight excluding hydrogens is 314 g/mol. The summed E-state index contributed by atoms with van der Waals surface area (Å²) in [4.78, 5) is 28.5. The van der Waals surface area contributed by atoms with Crippen LogP contribution in [0.25, 0.3) is 0 Å². The summed E-state index contributed by atoms with van der Waals surface area (Å²) in [7, 11) is 0. The molecule has 1 aliphatic carbocycles. The molecule has 1 fully saturated rings. The maximum Gasteiger partial charge on any atom is 0.226 e. The van der Waals surface area contributed by atoms with E-state index in [1.165, 1.54) is 5.56 Å². The molecule has 0 radical (unpaired) electrons. The molecule has 3 rings (SSSR count). The van der Waals surface area contributed by atoms with Gasteiger partial charge < -0.3 is 10.6 Å². The van der Waals surface area contributed by atoms with Gasteiger partial charge in [-0.1, -0.05) is 36.8 Å². The Morgan fingerprint density at radius 2 is 1.76 bits per heavy atom. The zero-order valence-corrected chi connectivity index (χ0v) is 14.2. The second-order valence-electron chi connectivity index (χ2n) is 6.59. The molecule has 2 N–H and O–H groups in total. The number of benzene rings is 1. The number of pyridine rings is 1. The number of rotatable bonds is 7. The molecule has 0 atom stereocenters. The highest BCUT2D eigenvalue weighted by atomic mass is 16.2. The third kappa shape index (κ3) is 4.44. The third-order valence-electron chi connectivity index (χ3n) is 4.78. The van der Waals surface area contributed by atoms with Gasteiger partial charge in [0.1, 0.15) is 0 Å².